The summed E-state index contributed by atoms with van der Waals surface area (Å²) in [5, 5.41) is 9.25. The predicted molar refractivity (Wildman–Crippen MR) is 74.6 cm³/mol. The van der Waals surface area contributed by atoms with Gasteiger partial charge in [-0.3, -0.25) is 19.3 Å². The molecule has 110 valence electrons. The van der Waals surface area contributed by atoms with E-state index in [4.69, 9.17) is 0 Å². The number of carbonyl (C=O) groups is 3. The highest BCUT2D eigenvalue weighted by molar-refractivity contribution is 6.11. The molecule has 5 nitrogen and oxygen atoms in total. The minimum atomic E-state index is -1.24. The maximum Gasteiger partial charge on any atom is 0.304 e. The number of hydrogen-bond donors (Lipinski definition) is 1. The molecule has 1 aliphatic carbocycles. The van der Waals surface area contributed by atoms with Crippen molar-refractivity contribution in [1.29, 1.82) is 0 Å². The molecule has 0 aromatic heterocycles. The fraction of sp³-hybridized carbons (Fsp3) is 0.438. The van der Waals surface area contributed by atoms with Crippen LogP contribution in [0.2, 0.25) is 0 Å². The first-order chi connectivity index (χ1) is 9.95. The van der Waals surface area contributed by atoms with E-state index in [1.165, 1.54) is 4.90 Å². The summed E-state index contributed by atoms with van der Waals surface area (Å²) in [6.07, 6.45) is 1.27. The standard InChI is InChI=1S/C16H17NO4/c1-10-4-2-3-5-12(10)16(9-14(19)20)8-13(18)17(15(16)21)11-6-7-11/h2-5,11H,6-9H2,1H3,(H,19,20). The maximum absolute atomic E-state index is 12.8. The maximum atomic E-state index is 12.8. The van der Waals surface area contributed by atoms with Crippen LogP contribution < -0.4 is 0 Å². The molecule has 1 unspecified atom stereocenters. The van der Waals surface area contributed by atoms with Gasteiger partial charge in [-0.25, -0.2) is 0 Å². The van der Waals surface area contributed by atoms with Crippen molar-refractivity contribution in [3.63, 3.8) is 0 Å². The van der Waals surface area contributed by atoms with E-state index in [9.17, 15) is 19.5 Å². The van der Waals surface area contributed by atoms with E-state index in [0.29, 0.717) is 5.56 Å². The second-order valence-corrected chi connectivity index (χ2v) is 5.94. The van der Waals surface area contributed by atoms with E-state index < -0.39 is 11.4 Å². The average molecular weight is 287 g/mol. The number of imide groups is 1. The number of nitrogens with zero attached hydrogens (tertiary/aromatic N) is 1. The zero-order valence-electron chi connectivity index (χ0n) is 11.8. The molecule has 1 aliphatic heterocycles. The first kappa shape index (κ1) is 13.8. The van der Waals surface area contributed by atoms with Gasteiger partial charge in [-0.05, 0) is 30.9 Å². The van der Waals surface area contributed by atoms with E-state index in [1.54, 1.807) is 12.1 Å². The van der Waals surface area contributed by atoms with E-state index in [-0.39, 0.29) is 30.7 Å². The number of aryl methyl sites for hydroxylation is 1. The summed E-state index contributed by atoms with van der Waals surface area (Å²) in [6.45, 7) is 1.84. The molecule has 1 atom stereocenters. The summed E-state index contributed by atoms with van der Waals surface area (Å²) in [6, 6.07) is 7.21. The van der Waals surface area contributed by atoms with Crippen LogP contribution in [0.15, 0.2) is 24.3 Å². The molecule has 1 heterocycles. The molecule has 1 aromatic carbocycles. The molecule has 0 spiro atoms. The van der Waals surface area contributed by atoms with Gasteiger partial charge < -0.3 is 5.11 Å². The Morgan fingerprint density at radius 2 is 2.00 bits per heavy atom. The first-order valence-corrected chi connectivity index (χ1v) is 7.10. The molecule has 1 saturated heterocycles. The molecule has 21 heavy (non-hydrogen) atoms. The van der Waals surface area contributed by atoms with Gasteiger partial charge in [-0.15, -0.1) is 0 Å². The third-order valence-electron chi connectivity index (χ3n) is 4.38. The highest BCUT2D eigenvalue weighted by Crippen LogP contribution is 2.44. The van der Waals surface area contributed by atoms with Crippen molar-refractivity contribution >= 4 is 17.8 Å². The zero-order valence-corrected chi connectivity index (χ0v) is 11.8. The lowest BCUT2D eigenvalue weighted by Crippen LogP contribution is -2.41. The van der Waals surface area contributed by atoms with Gasteiger partial charge in [0.2, 0.25) is 11.8 Å². The fourth-order valence-corrected chi connectivity index (χ4v) is 3.28. The number of benzene rings is 1. The molecule has 0 radical (unpaired) electrons. The number of amides is 2. The lowest BCUT2D eigenvalue weighted by molar-refractivity contribution is -0.145. The molecule has 5 heteroatoms. The van der Waals surface area contributed by atoms with Crippen molar-refractivity contribution < 1.29 is 19.5 Å². The number of rotatable bonds is 4. The van der Waals surface area contributed by atoms with E-state index in [0.717, 1.165) is 18.4 Å². The predicted octanol–water partition coefficient (Wildman–Crippen LogP) is 1.63. The average Bonchev–Trinajstić information content (AvgIpc) is 3.19. The van der Waals surface area contributed by atoms with Crippen LogP contribution in [0.5, 0.6) is 0 Å². The molecule has 1 N–H and O–H groups in total. The minimum absolute atomic E-state index is 0.0234. The number of aliphatic carboxylic acids is 1. The van der Waals surface area contributed by atoms with E-state index in [2.05, 4.69) is 0 Å². The van der Waals surface area contributed by atoms with Gasteiger partial charge in [-0.2, -0.15) is 0 Å². The Balaban J connectivity index is 2.10. The molecule has 3 rings (SSSR count). The highest BCUT2D eigenvalue weighted by Gasteiger charge is 2.57. The zero-order chi connectivity index (χ0) is 15.2. The summed E-state index contributed by atoms with van der Waals surface area (Å²) in [4.78, 5) is 37.7. The number of likely N-dealkylation sites (tertiary alicyclic amines) is 1. The van der Waals surface area contributed by atoms with Crippen LogP contribution in [-0.2, 0) is 19.8 Å². The summed E-state index contributed by atoms with van der Waals surface area (Å²) in [7, 11) is 0. The van der Waals surface area contributed by atoms with Crippen LogP contribution in [0.4, 0.5) is 0 Å². The van der Waals surface area contributed by atoms with E-state index in [1.807, 2.05) is 19.1 Å². The van der Waals surface area contributed by atoms with Crippen LogP contribution in [0.25, 0.3) is 0 Å². The van der Waals surface area contributed by atoms with Gasteiger partial charge in [0, 0.05) is 12.5 Å². The summed E-state index contributed by atoms with van der Waals surface area (Å²) in [5.74, 6) is -1.64. The number of hydrogen-bond acceptors (Lipinski definition) is 3. The lowest BCUT2D eigenvalue weighted by atomic mass is 9.74. The Kier molecular flexibility index (Phi) is 3.08. The van der Waals surface area contributed by atoms with Crippen LogP contribution in [0, 0.1) is 6.92 Å². The van der Waals surface area contributed by atoms with Gasteiger partial charge in [0.1, 0.15) is 0 Å². The van der Waals surface area contributed by atoms with Crippen LogP contribution >= 0.6 is 0 Å². The van der Waals surface area contributed by atoms with Crippen molar-refractivity contribution in [3.05, 3.63) is 35.4 Å². The molecule has 0 bridgehead atoms. The number of carboxylic acids is 1. The van der Waals surface area contributed by atoms with Crippen molar-refractivity contribution in [2.24, 2.45) is 0 Å². The highest BCUT2D eigenvalue weighted by atomic mass is 16.4. The van der Waals surface area contributed by atoms with Gasteiger partial charge in [0.05, 0.1) is 11.8 Å². The van der Waals surface area contributed by atoms with Crippen molar-refractivity contribution in [2.45, 2.75) is 44.1 Å². The third kappa shape index (κ3) is 2.13. The monoisotopic (exact) mass is 287 g/mol. The lowest BCUT2D eigenvalue weighted by Gasteiger charge is -2.27. The number of carboxylic acid groups (broad SMARTS) is 1. The molecule has 2 fully saturated rings. The molecule has 1 saturated carbocycles. The molecular weight excluding hydrogens is 270 g/mol. The van der Waals surface area contributed by atoms with Gasteiger partial charge >= 0.3 is 5.97 Å². The van der Waals surface area contributed by atoms with Crippen LogP contribution in [-0.4, -0.2) is 33.8 Å². The van der Waals surface area contributed by atoms with Crippen molar-refractivity contribution in [2.75, 3.05) is 0 Å². The molecular formula is C16H17NO4. The Hall–Kier alpha value is -2.17. The third-order valence-corrected chi connectivity index (χ3v) is 4.38. The topological polar surface area (TPSA) is 74.7 Å². The van der Waals surface area contributed by atoms with Crippen LogP contribution in [0.1, 0.15) is 36.8 Å². The summed E-state index contributed by atoms with van der Waals surface area (Å²) in [5.41, 5.74) is 0.267. The van der Waals surface area contributed by atoms with E-state index >= 15 is 0 Å². The fourth-order valence-electron chi connectivity index (χ4n) is 3.28. The second kappa shape index (κ2) is 4.69. The Morgan fingerprint density at radius 3 is 2.57 bits per heavy atom. The largest absolute Gasteiger partial charge is 0.481 e. The van der Waals surface area contributed by atoms with Crippen molar-refractivity contribution in [1.82, 2.24) is 4.90 Å². The molecule has 2 aliphatic rings. The molecule has 2 amide bonds. The van der Waals surface area contributed by atoms with Gasteiger partial charge in [-0.1, -0.05) is 24.3 Å². The Bertz CT molecular complexity index is 635. The quantitative estimate of drug-likeness (QED) is 0.854. The SMILES string of the molecule is Cc1ccccc1C1(CC(=O)O)CC(=O)N(C2CC2)C1=O. The normalized spacial score (nSPS) is 25.5. The van der Waals surface area contributed by atoms with Gasteiger partial charge in [0.25, 0.3) is 0 Å². The second-order valence-electron chi connectivity index (χ2n) is 5.94. The van der Waals surface area contributed by atoms with Crippen LogP contribution in [0.3, 0.4) is 0 Å². The Morgan fingerprint density at radius 1 is 1.33 bits per heavy atom. The Labute approximate surface area is 122 Å². The first-order valence-electron chi connectivity index (χ1n) is 7.10. The summed E-state index contributed by atoms with van der Waals surface area (Å²) >= 11 is 0. The summed E-state index contributed by atoms with van der Waals surface area (Å²) < 4.78 is 0. The number of carbonyl (C=O) groups excluding carboxylic acids is 2. The smallest absolute Gasteiger partial charge is 0.304 e. The van der Waals surface area contributed by atoms with Crippen molar-refractivity contribution in [3.8, 4) is 0 Å². The molecule has 1 aromatic rings. The van der Waals surface area contributed by atoms with Gasteiger partial charge in [0.15, 0.2) is 0 Å². The minimum Gasteiger partial charge on any atom is -0.481 e.